The molecular weight excluding hydrogens is 384 g/mol. The summed E-state index contributed by atoms with van der Waals surface area (Å²) in [5, 5.41) is 9.92. The van der Waals surface area contributed by atoms with Crippen molar-refractivity contribution in [3.05, 3.63) is 29.3 Å². The van der Waals surface area contributed by atoms with Gasteiger partial charge in [0, 0.05) is 38.9 Å². The van der Waals surface area contributed by atoms with E-state index in [-0.39, 0.29) is 11.2 Å². The van der Waals surface area contributed by atoms with E-state index in [1.165, 1.54) is 11.8 Å². The largest absolute Gasteiger partial charge is 0.385 e. The van der Waals surface area contributed by atoms with Crippen LogP contribution in [0.5, 0.6) is 0 Å². The fourth-order valence-corrected chi connectivity index (χ4v) is 4.37. The molecule has 0 aliphatic carbocycles. The maximum atomic E-state index is 12.7. The zero-order chi connectivity index (χ0) is 19.2. The Morgan fingerprint density at radius 1 is 1.30 bits per heavy atom. The van der Waals surface area contributed by atoms with Crippen molar-refractivity contribution in [2.75, 3.05) is 26.8 Å². The van der Waals surface area contributed by atoms with Crippen LogP contribution >= 0.6 is 23.4 Å². The first-order valence-corrected chi connectivity index (χ1v) is 10.5. The van der Waals surface area contributed by atoms with Crippen LogP contribution in [0, 0.1) is 0 Å². The van der Waals surface area contributed by atoms with Gasteiger partial charge in [0.25, 0.3) is 0 Å². The SMILES string of the molecule is COCCCn1c(SC(C)C(=O)N2CCCC2)nnc1-c1ccccc1Cl. The summed E-state index contributed by atoms with van der Waals surface area (Å²) in [5.74, 6) is 0.892. The molecule has 1 aromatic heterocycles. The summed E-state index contributed by atoms with van der Waals surface area (Å²) in [7, 11) is 1.69. The summed E-state index contributed by atoms with van der Waals surface area (Å²) in [4.78, 5) is 14.6. The first-order valence-electron chi connectivity index (χ1n) is 9.24. The van der Waals surface area contributed by atoms with E-state index in [1.807, 2.05) is 40.7 Å². The lowest BCUT2D eigenvalue weighted by molar-refractivity contribution is -0.129. The van der Waals surface area contributed by atoms with E-state index in [0.717, 1.165) is 48.9 Å². The third-order valence-electron chi connectivity index (χ3n) is 4.61. The third kappa shape index (κ3) is 4.83. The normalized spacial score (nSPS) is 15.3. The van der Waals surface area contributed by atoms with E-state index in [2.05, 4.69) is 10.2 Å². The van der Waals surface area contributed by atoms with Gasteiger partial charge in [0.15, 0.2) is 11.0 Å². The van der Waals surface area contributed by atoms with Crippen LogP contribution in [0.1, 0.15) is 26.2 Å². The molecule has 1 aliphatic heterocycles. The van der Waals surface area contributed by atoms with Gasteiger partial charge in [-0.3, -0.25) is 4.79 Å². The number of nitrogens with zero attached hydrogens (tertiary/aromatic N) is 4. The molecule has 2 heterocycles. The Morgan fingerprint density at radius 3 is 2.74 bits per heavy atom. The lowest BCUT2D eigenvalue weighted by Crippen LogP contribution is -2.34. The molecule has 1 aliphatic rings. The Bertz CT molecular complexity index is 777. The van der Waals surface area contributed by atoms with Crippen LogP contribution in [-0.4, -0.2) is 57.6 Å². The molecule has 1 amide bonds. The Balaban J connectivity index is 1.83. The third-order valence-corrected chi connectivity index (χ3v) is 6.01. The Hall–Kier alpha value is -1.57. The summed E-state index contributed by atoms with van der Waals surface area (Å²) >= 11 is 7.83. The fourth-order valence-electron chi connectivity index (χ4n) is 3.19. The molecule has 1 unspecified atom stereocenters. The number of rotatable bonds is 8. The number of halogens is 1. The highest BCUT2D eigenvalue weighted by Gasteiger charge is 2.26. The van der Waals surface area contributed by atoms with E-state index in [4.69, 9.17) is 16.3 Å². The van der Waals surface area contributed by atoms with Crippen LogP contribution in [0.4, 0.5) is 0 Å². The molecule has 8 heteroatoms. The highest BCUT2D eigenvalue weighted by Crippen LogP contribution is 2.31. The van der Waals surface area contributed by atoms with Crippen LogP contribution in [0.3, 0.4) is 0 Å². The molecule has 1 atom stereocenters. The van der Waals surface area contributed by atoms with Crippen molar-refractivity contribution >= 4 is 29.3 Å². The van der Waals surface area contributed by atoms with Crippen LogP contribution in [0.2, 0.25) is 5.02 Å². The van der Waals surface area contributed by atoms with E-state index in [9.17, 15) is 4.79 Å². The summed E-state index contributed by atoms with van der Waals surface area (Å²) in [6.07, 6.45) is 3.01. The van der Waals surface area contributed by atoms with Gasteiger partial charge in [-0.15, -0.1) is 10.2 Å². The summed E-state index contributed by atoms with van der Waals surface area (Å²) in [6, 6.07) is 7.61. The second kappa shape index (κ2) is 9.57. The number of methoxy groups -OCH3 is 1. The average Bonchev–Trinajstić information content (AvgIpc) is 3.33. The molecular formula is C19H25ClN4O2S. The van der Waals surface area contributed by atoms with Gasteiger partial charge in [-0.25, -0.2) is 0 Å². The number of carbonyl (C=O) groups excluding carboxylic acids is 1. The lowest BCUT2D eigenvalue weighted by Gasteiger charge is -2.20. The van der Waals surface area contributed by atoms with Gasteiger partial charge in [0.1, 0.15) is 0 Å². The number of likely N-dealkylation sites (tertiary alicyclic amines) is 1. The Kier molecular flexibility index (Phi) is 7.15. The van der Waals surface area contributed by atoms with E-state index < -0.39 is 0 Å². The smallest absolute Gasteiger partial charge is 0.235 e. The quantitative estimate of drug-likeness (QED) is 0.492. The summed E-state index contributed by atoms with van der Waals surface area (Å²) in [6.45, 7) is 5.00. The number of hydrogen-bond donors (Lipinski definition) is 0. The Morgan fingerprint density at radius 2 is 2.04 bits per heavy atom. The molecule has 1 saturated heterocycles. The van der Waals surface area contributed by atoms with Crippen molar-refractivity contribution in [1.82, 2.24) is 19.7 Å². The molecule has 27 heavy (non-hydrogen) atoms. The minimum atomic E-state index is -0.201. The topological polar surface area (TPSA) is 60.2 Å². The first kappa shape index (κ1) is 20.2. The van der Waals surface area contributed by atoms with Crippen LogP contribution in [-0.2, 0) is 16.1 Å². The predicted molar refractivity (Wildman–Crippen MR) is 108 cm³/mol. The first-order chi connectivity index (χ1) is 13.1. The number of amides is 1. The van der Waals surface area contributed by atoms with Crippen molar-refractivity contribution in [1.29, 1.82) is 0 Å². The maximum Gasteiger partial charge on any atom is 0.235 e. The zero-order valence-electron chi connectivity index (χ0n) is 15.7. The van der Waals surface area contributed by atoms with Crippen molar-refractivity contribution in [3.8, 4) is 11.4 Å². The highest BCUT2D eigenvalue weighted by atomic mass is 35.5. The second-order valence-electron chi connectivity index (χ2n) is 6.58. The molecule has 2 aromatic rings. The van der Waals surface area contributed by atoms with Crippen molar-refractivity contribution in [2.24, 2.45) is 0 Å². The molecule has 146 valence electrons. The summed E-state index contributed by atoms with van der Waals surface area (Å²) in [5.41, 5.74) is 0.842. The monoisotopic (exact) mass is 408 g/mol. The van der Waals surface area contributed by atoms with Gasteiger partial charge in [-0.2, -0.15) is 0 Å². The minimum Gasteiger partial charge on any atom is -0.385 e. The number of aromatic nitrogens is 3. The van der Waals surface area contributed by atoms with Gasteiger partial charge in [0.2, 0.25) is 5.91 Å². The average molecular weight is 409 g/mol. The van der Waals surface area contributed by atoms with Gasteiger partial charge >= 0.3 is 0 Å². The van der Waals surface area contributed by atoms with Gasteiger partial charge in [-0.05, 0) is 38.3 Å². The van der Waals surface area contributed by atoms with E-state index in [1.54, 1.807) is 7.11 Å². The molecule has 1 aromatic carbocycles. The molecule has 6 nitrogen and oxygen atoms in total. The number of benzene rings is 1. The molecule has 0 radical (unpaired) electrons. The highest BCUT2D eigenvalue weighted by molar-refractivity contribution is 8.00. The number of thioether (sulfide) groups is 1. The van der Waals surface area contributed by atoms with Crippen LogP contribution in [0.25, 0.3) is 11.4 Å². The van der Waals surface area contributed by atoms with Gasteiger partial charge in [0.05, 0.1) is 10.3 Å². The standard InChI is InChI=1S/C19H25ClN4O2S/c1-14(18(25)23-10-5-6-11-23)27-19-22-21-17(24(19)12-7-13-26-2)15-8-3-4-9-16(15)20/h3-4,8-9,14H,5-7,10-13H2,1-2H3. The minimum absolute atomic E-state index is 0.170. The van der Waals surface area contributed by atoms with E-state index >= 15 is 0 Å². The van der Waals surface area contributed by atoms with Crippen molar-refractivity contribution < 1.29 is 9.53 Å². The number of hydrogen-bond acceptors (Lipinski definition) is 5. The Labute approximate surface area is 169 Å². The van der Waals surface area contributed by atoms with Gasteiger partial charge in [-0.1, -0.05) is 35.5 Å². The maximum absolute atomic E-state index is 12.7. The zero-order valence-corrected chi connectivity index (χ0v) is 17.3. The molecule has 1 fully saturated rings. The second-order valence-corrected chi connectivity index (χ2v) is 8.29. The molecule has 0 bridgehead atoms. The number of ether oxygens (including phenoxy) is 1. The van der Waals surface area contributed by atoms with Crippen molar-refractivity contribution in [2.45, 2.75) is 43.1 Å². The molecule has 0 saturated carbocycles. The van der Waals surface area contributed by atoms with E-state index in [0.29, 0.717) is 18.2 Å². The predicted octanol–water partition coefficient (Wildman–Crippen LogP) is 3.74. The summed E-state index contributed by atoms with van der Waals surface area (Å²) < 4.78 is 7.23. The molecule has 3 rings (SSSR count). The molecule has 0 N–H and O–H groups in total. The van der Waals surface area contributed by atoms with Crippen LogP contribution < -0.4 is 0 Å². The van der Waals surface area contributed by atoms with Crippen molar-refractivity contribution in [3.63, 3.8) is 0 Å². The fraction of sp³-hybridized carbons (Fsp3) is 0.526. The molecule has 0 spiro atoms. The van der Waals surface area contributed by atoms with Gasteiger partial charge < -0.3 is 14.2 Å². The lowest BCUT2D eigenvalue weighted by atomic mass is 10.2. The number of carbonyl (C=O) groups is 1. The van der Waals surface area contributed by atoms with Crippen LogP contribution in [0.15, 0.2) is 29.4 Å².